The van der Waals surface area contributed by atoms with E-state index in [-0.39, 0.29) is 6.01 Å². The Morgan fingerprint density at radius 2 is 2.08 bits per heavy atom. The molecule has 0 bridgehead atoms. The van der Waals surface area contributed by atoms with Gasteiger partial charge in [0, 0.05) is 5.69 Å². The molecule has 1 aliphatic rings. The Labute approximate surface area is 151 Å². The standard InChI is InChI=1S/C19H19N5O2/c1-2-25-19-23-17(20-12-16-7-4-10-26-16)22-18(24-19)21-15-9-8-13-5-3-6-14(13)11-15/h3-4,6-11H,2,5,12H2,1H3,(H2,20,21,22,23,24). The van der Waals surface area contributed by atoms with Crippen LogP contribution in [0.25, 0.3) is 6.08 Å². The molecule has 2 N–H and O–H groups in total. The van der Waals surface area contributed by atoms with Crippen molar-refractivity contribution in [3.63, 3.8) is 0 Å². The van der Waals surface area contributed by atoms with Crippen LogP contribution in [0.15, 0.2) is 47.1 Å². The smallest absolute Gasteiger partial charge is 0.323 e. The number of aromatic nitrogens is 3. The third-order valence-electron chi connectivity index (χ3n) is 3.93. The van der Waals surface area contributed by atoms with Crippen LogP contribution < -0.4 is 15.4 Å². The summed E-state index contributed by atoms with van der Waals surface area (Å²) in [5.74, 6) is 1.64. The van der Waals surface area contributed by atoms with Gasteiger partial charge in [0.15, 0.2) is 0 Å². The molecule has 0 unspecified atom stereocenters. The van der Waals surface area contributed by atoms with Crippen LogP contribution in [0.4, 0.5) is 17.6 Å². The number of fused-ring (bicyclic) bond motifs is 1. The maximum Gasteiger partial charge on any atom is 0.323 e. The Balaban J connectivity index is 1.54. The van der Waals surface area contributed by atoms with E-state index in [4.69, 9.17) is 9.15 Å². The Bertz CT molecular complexity index is 922. The van der Waals surface area contributed by atoms with E-state index in [2.05, 4.69) is 49.9 Å². The van der Waals surface area contributed by atoms with Gasteiger partial charge < -0.3 is 19.8 Å². The minimum absolute atomic E-state index is 0.271. The zero-order valence-electron chi connectivity index (χ0n) is 14.4. The first kappa shape index (κ1) is 16.1. The van der Waals surface area contributed by atoms with Crippen LogP contribution in [0, 0.1) is 0 Å². The molecule has 0 radical (unpaired) electrons. The van der Waals surface area contributed by atoms with E-state index < -0.39 is 0 Å². The number of hydrogen-bond acceptors (Lipinski definition) is 7. The molecular weight excluding hydrogens is 330 g/mol. The predicted octanol–water partition coefficient (Wildman–Crippen LogP) is 3.79. The molecule has 1 aliphatic carbocycles. The first-order chi connectivity index (χ1) is 12.8. The lowest BCUT2D eigenvalue weighted by Crippen LogP contribution is -2.09. The zero-order valence-corrected chi connectivity index (χ0v) is 14.4. The first-order valence-electron chi connectivity index (χ1n) is 8.52. The summed E-state index contributed by atoms with van der Waals surface area (Å²) < 4.78 is 10.8. The largest absolute Gasteiger partial charge is 0.467 e. The summed E-state index contributed by atoms with van der Waals surface area (Å²) in [5, 5.41) is 6.35. The molecule has 2 heterocycles. The third kappa shape index (κ3) is 3.66. The van der Waals surface area contributed by atoms with Gasteiger partial charge in [0.2, 0.25) is 11.9 Å². The van der Waals surface area contributed by atoms with Crippen LogP contribution in [-0.2, 0) is 13.0 Å². The molecule has 0 spiro atoms. The van der Waals surface area contributed by atoms with E-state index in [9.17, 15) is 0 Å². The highest BCUT2D eigenvalue weighted by Gasteiger charge is 2.10. The van der Waals surface area contributed by atoms with Crippen LogP contribution >= 0.6 is 0 Å². The van der Waals surface area contributed by atoms with Gasteiger partial charge in [-0.05, 0) is 48.7 Å². The highest BCUT2D eigenvalue weighted by molar-refractivity contribution is 5.67. The molecule has 132 valence electrons. The average molecular weight is 349 g/mol. The summed E-state index contributed by atoms with van der Waals surface area (Å²) in [6.07, 6.45) is 6.89. The Morgan fingerprint density at radius 3 is 2.92 bits per heavy atom. The fourth-order valence-electron chi connectivity index (χ4n) is 2.72. The topological polar surface area (TPSA) is 85.1 Å². The molecule has 1 aromatic carbocycles. The lowest BCUT2D eigenvalue weighted by Gasteiger charge is -2.10. The molecule has 4 rings (SSSR count). The Kier molecular flexibility index (Phi) is 4.51. The van der Waals surface area contributed by atoms with Gasteiger partial charge in [0.05, 0.1) is 19.4 Å². The van der Waals surface area contributed by atoms with Crippen molar-refractivity contribution in [3.8, 4) is 6.01 Å². The molecule has 0 aliphatic heterocycles. The quantitative estimate of drug-likeness (QED) is 0.671. The van der Waals surface area contributed by atoms with E-state index in [1.165, 1.54) is 11.1 Å². The van der Waals surface area contributed by atoms with Crippen LogP contribution in [-0.4, -0.2) is 21.6 Å². The molecule has 0 amide bonds. The van der Waals surface area contributed by atoms with Crippen molar-refractivity contribution < 1.29 is 9.15 Å². The number of furan rings is 1. The van der Waals surface area contributed by atoms with Gasteiger partial charge in [0.1, 0.15) is 5.76 Å². The number of nitrogens with one attached hydrogen (secondary N) is 2. The summed E-state index contributed by atoms with van der Waals surface area (Å²) in [5.41, 5.74) is 3.45. The average Bonchev–Trinajstić information content (AvgIpc) is 3.31. The fraction of sp³-hybridized carbons (Fsp3) is 0.211. The molecule has 2 aromatic heterocycles. The minimum atomic E-state index is 0.271. The van der Waals surface area contributed by atoms with E-state index in [1.807, 2.05) is 25.1 Å². The molecule has 7 nitrogen and oxygen atoms in total. The molecule has 0 saturated heterocycles. The van der Waals surface area contributed by atoms with Gasteiger partial charge in [-0.15, -0.1) is 0 Å². The van der Waals surface area contributed by atoms with E-state index in [0.717, 1.165) is 17.9 Å². The van der Waals surface area contributed by atoms with Gasteiger partial charge in [-0.1, -0.05) is 18.2 Å². The number of anilines is 3. The number of rotatable bonds is 7. The van der Waals surface area contributed by atoms with Gasteiger partial charge >= 0.3 is 6.01 Å². The van der Waals surface area contributed by atoms with E-state index in [0.29, 0.717) is 25.0 Å². The summed E-state index contributed by atoms with van der Waals surface area (Å²) in [7, 11) is 0. The summed E-state index contributed by atoms with van der Waals surface area (Å²) >= 11 is 0. The maximum atomic E-state index is 5.46. The maximum absolute atomic E-state index is 5.46. The van der Waals surface area contributed by atoms with Crippen molar-refractivity contribution in [3.05, 3.63) is 59.6 Å². The molecule has 0 saturated carbocycles. The lowest BCUT2D eigenvalue weighted by atomic mass is 10.1. The van der Waals surface area contributed by atoms with Crippen LogP contribution in [0.1, 0.15) is 23.8 Å². The van der Waals surface area contributed by atoms with Crippen molar-refractivity contribution >= 4 is 23.7 Å². The summed E-state index contributed by atoms with van der Waals surface area (Å²) in [6.45, 7) is 2.84. The zero-order chi connectivity index (χ0) is 17.8. The normalized spacial score (nSPS) is 12.0. The SMILES string of the molecule is CCOc1nc(NCc2ccco2)nc(Nc2ccc3c(c2)C=CC3)n1. The molecular formula is C19H19N5O2. The van der Waals surface area contributed by atoms with Crippen molar-refractivity contribution in [1.29, 1.82) is 0 Å². The van der Waals surface area contributed by atoms with Crippen LogP contribution in [0.2, 0.25) is 0 Å². The van der Waals surface area contributed by atoms with E-state index >= 15 is 0 Å². The van der Waals surface area contributed by atoms with Gasteiger partial charge in [-0.2, -0.15) is 15.0 Å². The van der Waals surface area contributed by atoms with Crippen molar-refractivity contribution in [2.24, 2.45) is 0 Å². The second kappa shape index (κ2) is 7.26. The molecule has 26 heavy (non-hydrogen) atoms. The van der Waals surface area contributed by atoms with Gasteiger partial charge in [-0.3, -0.25) is 0 Å². The highest BCUT2D eigenvalue weighted by atomic mass is 16.5. The van der Waals surface area contributed by atoms with Gasteiger partial charge in [0.25, 0.3) is 0 Å². The third-order valence-corrected chi connectivity index (χ3v) is 3.93. The Morgan fingerprint density at radius 1 is 1.15 bits per heavy atom. The van der Waals surface area contributed by atoms with Crippen LogP contribution in [0.5, 0.6) is 6.01 Å². The number of ether oxygens (including phenoxy) is 1. The van der Waals surface area contributed by atoms with Gasteiger partial charge in [-0.25, -0.2) is 0 Å². The van der Waals surface area contributed by atoms with E-state index in [1.54, 1.807) is 6.26 Å². The van der Waals surface area contributed by atoms with Crippen molar-refractivity contribution in [1.82, 2.24) is 15.0 Å². The monoisotopic (exact) mass is 349 g/mol. The first-order valence-corrected chi connectivity index (χ1v) is 8.52. The second-order valence-corrected chi connectivity index (χ2v) is 5.78. The fourth-order valence-corrected chi connectivity index (χ4v) is 2.72. The lowest BCUT2D eigenvalue weighted by molar-refractivity contribution is 0.312. The van der Waals surface area contributed by atoms with Crippen molar-refractivity contribution in [2.75, 3.05) is 17.2 Å². The number of nitrogens with zero attached hydrogens (tertiary/aromatic N) is 3. The predicted molar refractivity (Wildman–Crippen MR) is 99.5 cm³/mol. The van der Waals surface area contributed by atoms with Crippen LogP contribution in [0.3, 0.4) is 0 Å². The minimum Gasteiger partial charge on any atom is -0.467 e. The molecule has 0 atom stereocenters. The number of benzene rings is 1. The molecule has 7 heteroatoms. The number of allylic oxidation sites excluding steroid dienone is 1. The second-order valence-electron chi connectivity index (χ2n) is 5.78. The summed E-state index contributed by atoms with van der Waals surface area (Å²) in [4.78, 5) is 13.0. The highest BCUT2D eigenvalue weighted by Crippen LogP contribution is 2.25. The molecule has 3 aromatic rings. The summed E-state index contributed by atoms with van der Waals surface area (Å²) in [6, 6.07) is 10.2. The number of hydrogen-bond donors (Lipinski definition) is 2. The Hall–Kier alpha value is -3.35. The molecule has 0 fully saturated rings. The van der Waals surface area contributed by atoms with Crippen molar-refractivity contribution in [2.45, 2.75) is 19.9 Å².